The number of carbonyl (C=O) groups excluding carboxylic acids is 3. The minimum Gasteiger partial charge on any atom is -0.508 e. The number of amides is 3. The van der Waals surface area contributed by atoms with Crippen molar-refractivity contribution in [2.24, 2.45) is 0 Å². The highest BCUT2D eigenvalue weighted by atomic mass is 16.6. The van der Waals surface area contributed by atoms with Gasteiger partial charge in [-0.25, -0.2) is 4.79 Å². The highest BCUT2D eigenvalue weighted by Crippen LogP contribution is 2.35. The molecule has 2 unspecified atom stereocenters. The lowest BCUT2D eigenvalue weighted by Gasteiger charge is -2.44. The molecule has 0 aliphatic heterocycles. The molecule has 3 rings (SSSR count). The number of aryl methyl sites for hydroxylation is 1. The van der Waals surface area contributed by atoms with Crippen molar-refractivity contribution in [1.29, 1.82) is 0 Å². The first-order valence-electron chi connectivity index (χ1n) is 13.7. The van der Waals surface area contributed by atoms with E-state index in [4.69, 9.17) is 4.74 Å². The summed E-state index contributed by atoms with van der Waals surface area (Å²) in [5.74, 6) is -0.485. The van der Waals surface area contributed by atoms with Crippen molar-refractivity contribution in [3.05, 3.63) is 64.7 Å². The van der Waals surface area contributed by atoms with Crippen LogP contribution in [0.3, 0.4) is 0 Å². The molecule has 0 bridgehead atoms. The molecule has 212 valence electrons. The van der Waals surface area contributed by atoms with Crippen LogP contribution in [0.1, 0.15) is 82.2 Å². The van der Waals surface area contributed by atoms with E-state index in [2.05, 4.69) is 10.6 Å². The van der Waals surface area contributed by atoms with Gasteiger partial charge in [0.25, 0.3) is 0 Å². The SMILES string of the molecule is Cc1cccc(C(C(=O)NC(C)C)N(C(=O)C(Cc2ccc(O)cc2)NC(=O)OC(C)(C)C)C2CCC2)c1C. The molecule has 0 spiro atoms. The van der Waals surface area contributed by atoms with Crippen LogP contribution in [0.5, 0.6) is 5.75 Å². The standard InChI is InChI=1S/C31H43N3O5/c1-19(2)32-28(36)27(25-13-8-10-20(3)21(25)4)34(23-11-9-12-23)29(37)26(33-30(38)39-31(5,6)7)18-22-14-16-24(35)17-15-22/h8,10,13-17,19,23,26-27,35H,9,11-12,18H2,1-7H3,(H,32,36)(H,33,38). The first-order chi connectivity index (χ1) is 18.3. The summed E-state index contributed by atoms with van der Waals surface area (Å²) in [6, 6.07) is 10.2. The zero-order valence-corrected chi connectivity index (χ0v) is 24.2. The molecule has 0 heterocycles. The number of aromatic hydroxyl groups is 1. The van der Waals surface area contributed by atoms with Gasteiger partial charge in [0.1, 0.15) is 23.4 Å². The van der Waals surface area contributed by atoms with Gasteiger partial charge in [0.05, 0.1) is 0 Å². The molecular weight excluding hydrogens is 494 g/mol. The number of carbonyl (C=O) groups is 3. The van der Waals surface area contributed by atoms with Gasteiger partial charge in [-0.3, -0.25) is 9.59 Å². The van der Waals surface area contributed by atoms with Crippen LogP contribution < -0.4 is 10.6 Å². The third kappa shape index (κ3) is 7.97. The third-order valence-electron chi connectivity index (χ3n) is 6.99. The Morgan fingerprint density at radius 3 is 2.21 bits per heavy atom. The molecule has 1 aliphatic rings. The Morgan fingerprint density at radius 2 is 1.67 bits per heavy atom. The second kappa shape index (κ2) is 12.5. The number of benzene rings is 2. The lowest BCUT2D eigenvalue weighted by atomic mass is 9.86. The van der Waals surface area contributed by atoms with Crippen LogP contribution in [-0.2, 0) is 20.7 Å². The summed E-state index contributed by atoms with van der Waals surface area (Å²) in [5.41, 5.74) is 2.76. The first kappa shape index (κ1) is 30.0. The molecular formula is C31H43N3O5. The van der Waals surface area contributed by atoms with Gasteiger partial charge in [-0.05, 0) is 102 Å². The molecule has 3 amide bonds. The van der Waals surface area contributed by atoms with E-state index >= 15 is 0 Å². The quantitative estimate of drug-likeness (QED) is 0.413. The number of nitrogens with one attached hydrogen (secondary N) is 2. The van der Waals surface area contributed by atoms with Crippen molar-refractivity contribution in [2.75, 3.05) is 0 Å². The van der Waals surface area contributed by atoms with Crippen molar-refractivity contribution in [3.8, 4) is 5.75 Å². The van der Waals surface area contributed by atoms with Crippen molar-refractivity contribution in [2.45, 2.75) is 104 Å². The molecule has 2 aromatic rings. The first-order valence-corrected chi connectivity index (χ1v) is 13.7. The Hall–Kier alpha value is -3.55. The molecule has 2 aromatic carbocycles. The topological polar surface area (TPSA) is 108 Å². The summed E-state index contributed by atoms with van der Waals surface area (Å²) in [5, 5.41) is 15.6. The summed E-state index contributed by atoms with van der Waals surface area (Å²) >= 11 is 0. The molecule has 0 saturated heterocycles. The minimum absolute atomic E-state index is 0.109. The highest BCUT2D eigenvalue weighted by Gasteiger charge is 2.42. The fourth-order valence-corrected chi connectivity index (χ4v) is 4.73. The van der Waals surface area contributed by atoms with Gasteiger partial charge >= 0.3 is 6.09 Å². The second-order valence-electron chi connectivity index (χ2n) is 11.8. The molecule has 1 aliphatic carbocycles. The van der Waals surface area contributed by atoms with E-state index < -0.39 is 23.8 Å². The van der Waals surface area contributed by atoms with Crippen molar-refractivity contribution >= 4 is 17.9 Å². The van der Waals surface area contributed by atoms with Crippen LogP contribution in [0.25, 0.3) is 0 Å². The fraction of sp³-hybridized carbons (Fsp3) is 0.516. The molecule has 3 N–H and O–H groups in total. The van der Waals surface area contributed by atoms with E-state index in [0.717, 1.165) is 41.5 Å². The predicted octanol–water partition coefficient (Wildman–Crippen LogP) is 5.09. The van der Waals surface area contributed by atoms with Gasteiger partial charge in [-0.2, -0.15) is 0 Å². The van der Waals surface area contributed by atoms with Gasteiger partial charge in [-0.15, -0.1) is 0 Å². The van der Waals surface area contributed by atoms with E-state index in [-0.39, 0.29) is 36.1 Å². The largest absolute Gasteiger partial charge is 0.508 e. The zero-order chi connectivity index (χ0) is 28.9. The maximum absolute atomic E-state index is 14.5. The van der Waals surface area contributed by atoms with Crippen molar-refractivity contribution < 1.29 is 24.2 Å². The number of hydrogen-bond acceptors (Lipinski definition) is 5. The molecule has 8 heteroatoms. The van der Waals surface area contributed by atoms with Crippen LogP contribution in [0, 0.1) is 13.8 Å². The van der Waals surface area contributed by atoms with E-state index in [0.29, 0.717) is 0 Å². The van der Waals surface area contributed by atoms with E-state index in [9.17, 15) is 19.5 Å². The van der Waals surface area contributed by atoms with E-state index in [1.807, 2.05) is 45.9 Å². The number of rotatable bonds is 9. The van der Waals surface area contributed by atoms with E-state index in [1.54, 1.807) is 49.9 Å². The predicted molar refractivity (Wildman–Crippen MR) is 151 cm³/mol. The average molecular weight is 538 g/mol. The molecule has 1 fully saturated rings. The number of phenolic OH excluding ortho intramolecular Hbond substituents is 1. The number of ether oxygens (including phenoxy) is 1. The van der Waals surface area contributed by atoms with Crippen molar-refractivity contribution in [1.82, 2.24) is 15.5 Å². The van der Waals surface area contributed by atoms with Crippen LogP contribution in [0.15, 0.2) is 42.5 Å². The Labute approximate surface area is 232 Å². The van der Waals surface area contributed by atoms with Gasteiger partial charge in [0, 0.05) is 18.5 Å². The monoisotopic (exact) mass is 537 g/mol. The van der Waals surface area contributed by atoms with Crippen LogP contribution in [0.4, 0.5) is 4.79 Å². The Balaban J connectivity index is 2.08. The molecule has 2 atom stereocenters. The molecule has 39 heavy (non-hydrogen) atoms. The highest BCUT2D eigenvalue weighted by molar-refractivity contribution is 5.93. The van der Waals surface area contributed by atoms with Gasteiger partial charge in [-0.1, -0.05) is 30.3 Å². The Morgan fingerprint density at radius 1 is 1.03 bits per heavy atom. The lowest BCUT2D eigenvalue weighted by molar-refractivity contribution is -0.147. The summed E-state index contributed by atoms with van der Waals surface area (Å²) in [4.78, 5) is 42.8. The van der Waals surface area contributed by atoms with Crippen LogP contribution >= 0.6 is 0 Å². The zero-order valence-electron chi connectivity index (χ0n) is 24.2. The fourth-order valence-electron chi connectivity index (χ4n) is 4.73. The number of nitrogens with zero attached hydrogens (tertiary/aromatic N) is 1. The maximum Gasteiger partial charge on any atom is 0.408 e. The Bertz CT molecular complexity index is 1170. The third-order valence-corrected chi connectivity index (χ3v) is 6.99. The normalized spacial score (nSPS) is 15.2. The van der Waals surface area contributed by atoms with Gasteiger partial charge < -0.3 is 25.4 Å². The summed E-state index contributed by atoms with van der Waals surface area (Å²) in [6.45, 7) is 13.0. The number of alkyl carbamates (subject to hydrolysis) is 1. The second-order valence-corrected chi connectivity index (χ2v) is 11.8. The number of phenols is 1. The van der Waals surface area contributed by atoms with Gasteiger partial charge in [0.15, 0.2) is 0 Å². The lowest BCUT2D eigenvalue weighted by Crippen LogP contribution is -2.58. The molecule has 1 saturated carbocycles. The maximum atomic E-state index is 14.5. The molecule has 0 aromatic heterocycles. The molecule has 8 nitrogen and oxygen atoms in total. The Kier molecular flexibility index (Phi) is 9.64. The van der Waals surface area contributed by atoms with E-state index in [1.165, 1.54) is 0 Å². The van der Waals surface area contributed by atoms with Gasteiger partial charge in [0.2, 0.25) is 11.8 Å². The summed E-state index contributed by atoms with van der Waals surface area (Å²) < 4.78 is 5.50. The average Bonchev–Trinajstić information content (AvgIpc) is 2.79. The summed E-state index contributed by atoms with van der Waals surface area (Å²) in [7, 11) is 0. The molecule has 0 radical (unpaired) electrons. The number of hydrogen-bond donors (Lipinski definition) is 3. The van der Waals surface area contributed by atoms with Crippen molar-refractivity contribution in [3.63, 3.8) is 0 Å². The minimum atomic E-state index is -0.982. The smallest absolute Gasteiger partial charge is 0.408 e. The summed E-state index contributed by atoms with van der Waals surface area (Å²) in [6.07, 6.45) is 1.98. The van der Waals surface area contributed by atoms with Crippen LogP contribution in [0.2, 0.25) is 0 Å². The van der Waals surface area contributed by atoms with Crippen LogP contribution in [-0.4, -0.2) is 51.6 Å².